The maximum atomic E-state index is 13.6. The second kappa shape index (κ2) is 7.12. The molecule has 2 rings (SSSR count). The minimum absolute atomic E-state index is 0. The second-order valence-corrected chi connectivity index (χ2v) is 5.07. The van der Waals surface area contributed by atoms with E-state index in [1.54, 1.807) is 6.07 Å². The van der Waals surface area contributed by atoms with Gasteiger partial charge in [0.15, 0.2) is 0 Å². The van der Waals surface area contributed by atoms with Crippen molar-refractivity contribution in [1.82, 2.24) is 4.90 Å². The second-order valence-electron chi connectivity index (χ2n) is 5.07. The molecule has 0 atom stereocenters. The van der Waals surface area contributed by atoms with Gasteiger partial charge in [0.05, 0.1) is 5.97 Å². The third-order valence-corrected chi connectivity index (χ3v) is 3.58. The Morgan fingerprint density at radius 3 is 2.30 bits per heavy atom. The van der Waals surface area contributed by atoms with Gasteiger partial charge in [0, 0.05) is 43.5 Å². The number of benzene rings is 1. The van der Waals surface area contributed by atoms with E-state index in [1.165, 1.54) is 12.1 Å². The summed E-state index contributed by atoms with van der Waals surface area (Å²) in [5, 5.41) is 10.7. The Morgan fingerprint density at radius 2 is 1.85 bits per heavy atom. The normalized spacial score (nSPS) is 16.1. The van der Waals surface area contributed by atoms with Gasteiger partial charge in [-0.2, -0.15) is 0 Å². The van der Waals surface area contributed by atoms with Crippen molar-refractivity contribution in [2.45, 2.75) is 19.9 Å². The van der Waals surface area contributed by atoms with Crippen LogP contribution in [-0.2, 0) is 0 Å². The third kappa shape index (κ3) is 3.75. The van der Waals surface area contributed by atoms with E-state index in [1.807, 2.05) is 0 Å². The largest absolute Gasteiger partial charge is 1.00 e. The Bertz CT molecular complexity index is 474. The average Bonchev–Trinajstić information content (AvgIpc) is 2.38. The van der Waals surface area contributed by atoms with Crippen LogP contribution in [0.25, 0.3) is 0 Å². The fraction of sp³-hybridized carbons (Fsp3) is 0.500. The summed E-state index contributed by atoms with van der Waals surface area (Å²) in [4.78, 5) is 15.1. The van der Waals surface area contributed by atoms with Crippen molar-refractivity contribution in [3.8, 4) is 0 Å². The van der Waals surface area contributed by atoms with E-state index in [4.69, 9.17) is 0 Å². The van der Waals surface area contributed by atoms with E-state index < -0.39 is 11.8 Å². The van der Waals surface area contributed by atoms with Crippen LogP contribution in [0.3, 0.4) is 0 Å². The summed E-state index contributed by atoms with van der Waals surface area (Å²) in [6, 6.07) is 4.70. The third-order valence-electron chi connectivity index (χ3n) is 3.58. The molecule has 0 spiro atoms. The van der Waals surface area contributed by atoms with Gasteiger partial charge >= 0.3 is 18.9 Å². The van der Waals surface area contributed by atoms with Crippen LogP contribution in [0, 0.1) is 5.82 Å². The Hall–Kier alpha value is -1.02. The number of hydrogen-bond donors (Lipinski definition) is 0. The molecular weight excluding hydrogens is 254 g/mol. The molecule has 1 fully saturated rings. The van der Waals surface area contributed by atoms with Crippen molar-refractivity contribution in [1.29, 1.82) is 0 Å². The molecule has 1 aliphatic heterocycles. The van der Waals surface area contributed by atoms with Crippen molar-refractivity contribution in [2.75, 3.05) is 31.1 Å². The van der Waals surface area contributed by atoms with E-state index in [2.05, 4.69) is 23.6 Å². The van der Waals surface area contributed by atoms with E-state index in [0.29, 0.717) is 6.04 Å². The number of hydrogen-bond acceptors (Lipinski definition) is 4. The Morgan fingerprint density at radius 1 is 1.25 bits per heavy atom. The predicted octanol–water partition coefficient (Wildman–Crippen LogP) is -2.28. The number of nitrogens with zero attached hydrogens (tertiary/aromatic N) is 2. The Kier molecular flexibility index (Phi) is 6.06. The Balaban J connectivity index is 0.00000200. The molecule has 6 heteroatoms. The molecule has 0 radical (unpaired) electrons. The topological polar surface area (TPSA) is 46.6 Å². The molecule has 1 aromatic carbocycles. The molecule has 0 N–H and O–H groups in total. The molecule has 20 heavy (non-hydrogen) atoms. The summed E-state index contributed by atoms with van der Waals surface area (Å²) >= 11 is 0. The average molecular weight is 272 g/mol. The fourth-order valence-corrected chi connectivity index (χ4v) is 2.36. The first-order chi connectivity index (χ1) is 8.99. The van der Waals surface area contributed by atoms with Gasteiger partial charge in [0.2, 0.25) is 0 Å². The van der Waals surface area contributed by atoms with Crippen LogP contribution in [-0.4, -0.2) is 43.1 Å². The predicted molar refractivity (Wildman–Crippen MR) is 69.7 cm³/mol. The molecule has 1 aromatic rings. The van der Waals surface area contributed by atoms with E-state index in [0.717, 1.165) is 31.9 Å². The number of aromatic carboxylic acids is 1. The molecule has 1 saturated heterocycles. The molecular formula is C14H18FLiN2O2. The maximum Gasteiger partial charge on any atom is 1.00 e. The number of anilines is 1. The van der Waals surface area contributed by atoms with Crippen LogP contribution >= 0.6 is 0 Å². The first kappa shape index (κ1) is 17.0. The van der Waals surface area contributed by atoms with Gasteiger partial charge in [0.25, 0.3) is 0 Å². The van der Waals surface area contributed by atoms with Crippen LogP contribution in [0.1, 0.15) is 24.2 Å². The zero-order chi connectivity index (χ0) is 14.0. The van der Waals surface area contributed by atoms with Crippen molar-refractivity contribution < 1.29 is 33.2 Å². The fourth-order valence-electron chi connectivity index (χ4n) is 2.36. The summed E-state index contributed by atoms with van der Waals surface area (Å²) < 4.78 is 13.6. The summed E-state index contributed by atoms with van der Waals surface area (Å²) in [6.45, 7) is 7.82. The van der Waals surface area contributed by atoms with Crippen molar-refractivity contribution in [3.63, 3.8) is 0 Å². The van der Waals surface area contributed by atoms with Crippen LogP contribution in [0.5, 0.6) is 0 Å². The SMILES string of the molecule is CC(C)N1CCN(c2ccc(C(=O)[O-])c(F)c2)CC1.[Li+]. The number of rotatable bonds is 3. The number of carbonyl (C=O) groups is 1. The number of halogens is 1. The number of carboxylic acid groups (broad SMARTS) is 1. The van der Waals surface area contributed by atoms with Crippen molar-refractivity contribution in [2.24, 2.45) is 0 Å². The van der Waals surface area contributed by atoms with Crippen LogP contribution in [0.2, 0.25) is 0 Å². The summed E-state index contributed by atoms with van der Waals surface area (Å²) in [7, 11) is 0. The minimum Gasteiger partial charge on any atom is -0.545 e. The zero-order valence-electron chi connectivity index (χ0n) is 12.2. The quantitative estimate of drug-likeness (QED) is 0.582. The summed E-state index contributed by atoms with van der Waals surface area (Å²) in [5.74, 6) is -2.21. The standard InChI is InChI=1S/C14H19FN2O2.Li/c1-10(2)16-5-7-17(8-6-16)11-3-4-12(14(18)19)13(15)9-11;/h3-4,9-10H,5-8H2,1-2H3,(H,18,19);/q;+1/p-1. The molecule has 0 saturated carbocycles. The molecule has 0 amide bonds. The van der Waals surface area contributed by atoms with E-state index in [9.17, 15) is 14.3 Å². The Labute approximate surface area is 130 Å². The van der Waals surface area contributed by atoms with Crippen molar-refractivity contribution >= 4 is 11.7 Å². The first-order valence-electron chi connectivity index (χ1n) is 6.49. The van der Waals surface area contributed by atoms with Gasteiger partial charge in [-0.15, -0.1) is 0 Å². The molecule has 1 aliphatic rings. The van der Waals surface area contributed by atoms with Gasteiger partial charge in [-0.05, 0) is 32.0 Å². The van der Waals surface area contributed by atoms with Crippen LogP contribution < -0.4 is 28.9 Å². The van der Waals surface area contributed by atoms with Gasteiger partial charge < -0.3 is 14.8 Å². The number of carboxylic acids is 1. The van der Waals surface area contributed by atoms with Crippen LogP contribution in [0.15, 0.2) is 18.2 Å². The summed E-state index contributed by atoms with van der Waals surface area (Å²) in [5.41, 5.74) is 0.343. The van der Waals surface area contributed by atoms with E-state index in [-0.39, 0.29) is 24.4 Å². The molecule has 0 unspecified atom stereocenters. The smallest absolute Gasteiger partial charge is 0.545 e. The zero-order valence-corrected chi connectivity index (χ0v) is 12.2. The number of piperazine rings is 1. The van der Waals surface area contributed by atoms with Gasteiger partial charge in [-0.25, -0.2) is 4.39 Å². The molecule has 0 aliphatic carbocycles. The monoisotopic (exact) mass is 272 g/mol. The van der Waals surface area contributed by atoms with Crippen molar-refractivity contribution in [3.05, 3.63) is 29.6 Å². The molecule has 4 nitrogen and oxygen atoms in total. The van der Waals surface area contributed by atoms with Gasteiger partial charge in [-0.3, -0.25) is 4.90 Å². The molecule has 104 valence electrons. The summed E-state index contributed by atoms with van der Waals surface area (Å²) in [6.07, 6.45) is 0. The minimum atomic E-state index is -1.48. The molecule has 0 bridgehead atoms. The van der Waals surface area contributed by atoms with Gasteiger partial charge in [-0.1, -0.05) is 0 Å². The van der Waals surface area contributed by atoms with Crippen LogP contribution in [0.4, 0.5) is 10.1 Å². The van der Waals surface area contributed by atoms with Gasteiger partial charge in [0.1, 0.15) is 5.82 Å². The maximum absolute atomic E-state index is 13.6. The number of carbonyl (C=O) groups excluding carboxylic acids is 1. The molecule has 0 aromatic heterocycles. The van der Waals surface area contributed by atoms with E-state index >= 15 is 0 Å². The first-order valence-corrected chi connectivity index (χ1v) is 6.49. The molecule has 1 heterocycles.